The Morgan fingerprint density at radius 2 is 1.85 bits per heavy atom. The molecule has 1 saturated carbocycles. The molecule has 144 valence electrons. The summed E-state index contributed by atoms with van der Waals surface area (Å²) in [5.74, 6) is 0.700. The van der Waals surface area contributed by atoms with Crippen LogP contribution in [0.4, 0.5) is 5.82 Å². The molecule has 1 aliphatic carbocycles. The van der Waals surface area contributed by atoms with Crippen molar-refractivity contribution in [3.8, 4) is 0 Å². The van der Waals surface area contributed by atoms with Crippen molar-refractivity contribution in [1.29, 1.82) is 0 Å². The highest BCUT2D eigenvalue weighted by Gasteiger charge is 2.30. The third-order valence-corrected chi connectivity index (χ3v) is 6.14. The zero-order valence-corrected chi connectivity index (χ0v) is 16.3. The first-order valence-electron chi connectivity index (χ1n) is 9.91. The molecule has 6 heteroatoms. The largest absolute Gasteiger partial charge is 0.388 e. The predicted octanol–water partition coefficient (Wildman–Crippen LogP) is 3.91. The van der Waals surface area contributed by atoms with E-state index in [-0.39, 0.29) is 12.5 Å². The number of anilines is 1. The Morgan fingerprint density at radius 1 is 1.11 bits per heavy atom. The third kappa shape index (κ3) is 3.90. The van der Waals surface area contributed by atoms with Crippen molar-refractivity contribution in [1.82, 2.24) is 10.3 Å². The van der Waals surface area contributed by atoms with E-state index < -0.39 is 5.60 Å². The molecule has 27 heavy (non-hydrogen) atoms. The maximum Gasteiger partial charge on any atom is 0.253 e. The van der Waals surface area contributed by atoms with Crippen molar-refractivity contribution in [2.24, 2.45) is 0 Å². The number of hydrogen-bond acceptors (Lipinski definition) is 4. The van der Waals surface area contributed by atoms with E-state index in [1.165, 1.54) is 12.8 Å². The average Bonchev–Trinajstić information content (AvgIpc) is 3.21. The minimum absolute atomic E-state index is 0.250. The fourth-order valence-corrected chi connectivity index (χ4v) is 4.49. The first-order chi connectivity index (χ1) is 13.1. The molecule has 2 aromatic rings. The average molecular weight is 388 g/mol. The Kier molecular flexibility index (Phi) is 5.24. The zero-order valence-electron chi connectivity index (χ0n) is 15.5. The number of benzene rings is 1. The lowest BCUT2D eigenvalue weighted by atomic mass is 9.85. The minimum atomic E-state index is -0.799. The molecule has 1 aromatic heterocycles. The molecule has 0 bridgehead atoms. The van der Waals surface area contributed by atoms with Gasteiger partial charge in [0.1, 0.15) is 5.82 Å². The van der Waals surface area contributed by atoms with Gasteiger partial charge in [0, 0.05) is 25.0 Å². The lowest BCUT2D eigenvalue weighted by Gasteiger charge is -2.32. The monoisotopic (exact) mass is 387 g/mol. The number of pyridine rings is 1. The first kappa shape index (κ1) is 18.5. The van der Waals surface area contributed by atoms with Gasteiger partial charge in [-0.3, -0.25) is 4.79 Å². The van der Waals surface area contributed by atoms with Crippen molar-refractivity contribution in [2.45, 2.75) is 50.5 Å². The highest BCUT2D eigenvalue weighted by atomic mass is 35.5. The van der Waals surface area contributed by atoms with E-state index in [9.17, 15) is 9.90 Å². The van der Waals surface area contributed by atoms with Crippen molar-refractivity contribution in [3.05, 3.63) is 34.9 Å². The number of carbonyl (C=O) groups excluding carboxylic acids is 1. The topological polar surface area (TPSA) is 65.5 Å². The molecule has 2 N–H and O–H groups in total. The van der Waals surface area contributed by atoms with Gasteiger partial charge >= 0.3 is 0 Å². The van der Waals surface area contributed by atoms with Crippen LogP contribution < -0.4 is 10.2 Å². The molecule has 5 nitrogen and oxygen atoms in total. The van der Waals surface area contributed by atoms with Gasteiger partial charge in [-0.1, -0.05) is 30.9 Å². The lowest BCUT2D eigenvalue weighted by Crippen LogP contribution is -2.44. The second-order valence-electron chi connectivity index (χ2n) is 7.82. The van der Waals surface area contributed by atoms with Crippen LogP contribution in [0.1, 0.15) is 55.3 Å². The Morgan fingerprint density at radius 3 is 2.59 bits per heavy atom. The Bertz CT molecular complexity index is 843. The van der Waals surface area contributed by atoms with Crippen LogP contribution in [0, 0.1) is 0 Å². The van der Waals surface area contributed by atoms with E-state index in [0.717, 1.165) is 61.9 Å². The fourth-order valence-electron chi connectivity index (χ4n) is 4.24. The molecule has 2 heterocycles. The summed E-state index contributed by atoms with van der Waals surface area (Å²) in [7, 11) is 0. The molecule has 0 radical (unpaired) electrons. The molecule has 0 unspecified atom stereocenters. The summed E-state index contributed by atoms with van der Waals surface area (Å²) in [4.78, 5) is 19.9. The normalized spacial score (nSPS) is 19.4. The maximum atomic E-state index is 12.9. The summed E-state index contributed by atoms with van der Waals surface area (Å²) >= 11 is 6.36. The van der Waals surface area contributed by atoms with E-state index in [1.54, 1.807) is 6.07 Å². The highest BCUT2D eigenvalue weighted by molar-refractivity contribution is 6.35. The summed E-state index contributed by atoms with van der Waals surface area (Å²) < 4.78 is 0. The fraction of sp³-hybridized carbons (Fsp3) is 0.524. The summed E-state index contributed by atoms with van der Waals surface area (Å²) in [6, 6.07) is 7.50. The van der Waals surface area contributed by atoms with Gasteiger partial charge in [-0.25, -0.2) is 4.98 Å². The van der Waals surface area contributed by atoms with Gasteiger partial charge in [0.2, 0.25) is 0 Å². The number of amides is 1. The number of rotatable bonds is 4. The number of fused-ring (bicyclic) bond motifs is 1. The standard InChI is InChI=1S/C21H26ClN3O2/c22-16-7-8-17-15(6-9-18(24-17)25-12-4-5-13-25)19(16)20(26)23-14-21(27)10-2-1-3-11-21/h6-9,27H,1-5,10-14H2,(H,23,26). The minimum Gasteiger partial charge on any atom is -0.388 e. The number of carbonyl (C=O) groups is 1. The molecule has 2 aliphatic rings. The number of nitrogens with one attached hydrogen (secondary N) is 1. The summed E-state index contributed by atoms with van der Waals surface area (Å²) in [5, 5.41) is 14.7. The maximum absolute atomic E-state index is 12.9. The Balaban J connectivity index is 1.58. The SMILES string of the molecule is O=C(NCC1(O)CCCCC1)c1c(Cl)ccc2nc(N3CCCC3)ccc12. The molecular formula is C21H26ClN3O2. The number of aromatic nitrogens is 1. The van der Waals surface area contributed by atoms with Crippen molar-refractivity contribution < 1.29 is 9.90 Å². The van der Waals surface area contributed by atoms with Crippen molar-refractivity contribution in [2.75, 3.05) is 24.5 Å². The predicted molar refractivity (Wildman–Crippen MR) is 109 cm³/mol. The van der Waals surface area contributed by atoms with Gasteiger partial charge in [-0.05, 0) is 49.9 Å². The van der Waals surface area contributed by atoms with Crippen LogP contribution in [-0.4, -0.2) is 41.2 Å². The van der Waals surface area contributed by atoms with Gasteiger partial charge in [-0.2, -0.15) is 0 Å². The molecule has 1 amide bonds. The summed E-state index contributed by atoms with van der Waals surface area (Å²) in [5.41, 5.74) is 0.408. The summed E-state index contributed by atoms with van der Waals surface area (Å²) in [6.07, 6.45) is 7.01. The molecule has 0 spiro atoms. The quantitative estimate of drug-likeness (QED) is 0.834. The Hall–Kier alpha value is -1.85. The van der Waals surface area contributed by atoms with Gasteiger partial charge in [0.15, 0.2) is 0 Å². The second-order valence-corrected chi connectivity index (χ2v) is 8.23. The van der Waals surface area contributed by atoms with E-state index in [0.29, 0.717) is 10.6 Å². The van der Waals surface area contributed by atoms with Crippen LogP contribution >= 0.6 is 11.6 Å². The molecule has 1 saturated heterocycles. The van der Waals surface area contributed by atoms with Crippen LogP contribution in [0.2, 0.25) is 5.02 Å². The van der Waals surface area contributed by atoms with Crippen molar-refractivity contribution >= 4 is 34.2 Å². The van der Waals surface area contributed by atoms with Crippen molar-refractivity contribution in [3.63, 3.8) is 0 Å². The van der Waals surface area contributed by atoms with Crippen LogP contribution in [0.5, 0.6) is 0 Å². The number of aliphatic hydroxyl groups is 1. The van der Waals surface area contributed by atoms with Gasteiger partial charge in [0.25, 0.3) is 5.91 Å². The molecular weight excluding hydrogens is 362 g/mol. The molecule has 1 aliphatic heterocycles. The number of hydrogen-bond donors (Lipinski definition) is 2. The van der Waals surface area contributed by atoms with Crippen LogP contribution in [0.25, 0.3) is 10.9 Å². The molecule has 1 aromatic carbocycles. The van der Waals surface area contributed by atoms with Gasteiger partial charge in [0.05, 0.1) is 21.7 Å². The Labute approximate surface area is 164 Å². The lowest BCUT2D eigenvalue weighted by molar-refractivity contribution is 0.00527. The third-order valence-electron chi connectivity index (χ3n) is 5.83. The molecule has 4 rings (SSSR count). The van der Waals surface area contributed by atoms with E-state index >= 15 is 0 Å². The van der Waals surface area contributed by atoms with E-state index in [2.05, 4.69) is 10.2 Å². The smallest absolute Gasteiger partial charge is 0.253 e. The van der Waals surface area contributed by atoms with Crippen LogP contribution in [0.3, 0.4) is 0 Å². The van der Waals surface area contributed by atoms with Gasteiger partial charge in [-0.15, -0.1) is 0 Å². The molecule has 2 fully saturated rings. The number of halogens is 1. The number of nitrogens with zero attached hydrogens (tertiary/aromatic N) is 2. The summed E-state index contributed by atoms with van der Waals surface area (Å²) in [6.45, 7) is 2.31. The second kappa shape index (κ2) is 7.64. The van der Waals surface area contributed by atoms with Crippen LogP contribution in [-0.2, 0) is 0 Å². The van der Waals surface area contributed by atoms with Crippen LogP contribution in [0.15, 0.2) is 24.3 Å². The van der Waals surface area contributed by atoms with E-state index in [1.807, 2.05) is 18.2 Å². The van der Waals surface area contributed by atoms with Gasteiger partial charge < -0.3 is 15.3 Å². The molecule has 0 atom stereocenters. The first-order valence-corrected chi connectivity index (χ1v) is 10.3. The zero-order chi connectivity index (χ0) is 18.9. The van der Waals surface area contributed by atoms with E-state index in [4.69, 9.17) is 16.6 Å². The highest BCUT2D eigenvalue weighted by Crippen LogP contribution is 2.30.